The summed E-state index contributed by atoms with van der Waals surface area (Å²) in [6.07, 6.45) is 0.865. The van der Waals surface area contributed by atoms with Crippen LogP contribution in [0.15, 0.2) is 24.3 Å². The number of primary amides is 1. The van der Waals surface area contributed by atoms with Crippen LogP contribution in [0.1, 0.15) is 93.1 Å². The number of amides is 6. The molecule has 0 saturated heterocycles. The minimum absolute atomic E-state index is 0.00568. The van der Waals surface area contributed by atoms with E-state index < -0.39 is 46.7 Å². The van der Waals surface area contributed by atoms with E-state index in [2.05, 4.69) is 26.6 Å². The Labute approximate surface area is 354 Å². The molecule has 340 valence electrons. The summed E-state index contributed by atoms with van der Waals surface area (Å²) >= 11 is 0. The standard InChI is InChI=1S/C42H70N6O12/c1-29(2)36(48-35(51)17-20-56-22-24-58-26-27-59-25-23-57-21-19-44-34(50)16-15-33(49)41(3,4)5)38(53)47-32(10-9-18-45-40(43)55)37(52)46-31-13-11-30(12-14-31)28-60-39(54)42(6,7)8/h11-14,29,32,36H,9-10,15-28H2,1-8H3,(H,44,50)(H,46,52)(H,47,53)(H,48,51)(H3,43,45,55)/t32-,36-/m0/s1. The van der Waals surface area contributed by atoms with Crippen LogP contribution in [0.5, 0.6) is 0 Å². The molecule has 0 radical (unpaired) electrons. The molecule has 60 heavy (non-hydrogen) atoms. The third-order valence-corrected chi connectivity index (χ3v) is 8.64. The number of ketones is 1. The molecule has 0 unspecified atom stereocenters. The van der Waals surface area contributed by atoms with Gasteiger partial charge in [-0.05, 0) is 57.2 Å². The number of urea groups is 1. The number of hydrogen-bond donors (Lipinski definition) is 6. The number of nitrogens with one attached hydrogen (secondary N) is 5. The molecule has 1 aromatic carbocycles. The highest BCUT2D eigenvalue weighted by Crippen LogP contribution is 2.19. The third-order valence-electron chi connectivity index (χ3n) is 8.64. The second-order valence-electron chi connectivity index (χ2n) is 16.5. The van der Waals surface area contributed by atoms with Crippen molar-refractivity contribution in [2.24, 2.45) is 22.5 Å². The normalized spacial score (nSPS) is 12.6. The fraction of sp³-hybridized carbons (Fsp3) is 0.690. The Bertz CT molecular complexity index is 1490. The Hall–Kier alpha value is -4.65. The lowest BCUT2D eigenvalue weighted by Crippen LogP contribution is -2.54. The highest BCUT2D eigenvalue weighted by Gasteiger charge is 2.29. The molecule has 1 rings (SSSR count). The molecular formula is C42H70N6O12. The molecule has 0 fully saturated rings. The Morgan fingerprint density at radius 1 is 0.633 bits per heavy atom. The lowest BCUT2D eigenvalue weighted by molar-refractivity contribution is -0.154. The van der Waals surface area contributed by atoms with Gasteiger partial charge in [0.2, 0.25) is 23.6 Å². The quantitative estimate of drug-likeness (QED) is 0.0483. The Balaban J connectivity index is 2.40. The lowest BCUT2D eigenvalue weighted by Gasteiger charge is -2.25. The fourth-order valence-corrected chi connectivity index (χ4v) is 4.99. The molecule has 0 aliphatic rings. The van der Waals surface area contributed by atoms with Crippen LogP contribution in [0.2, 0.25) is 0 Å². The van der Waals surface area contributed by atoms with E-state index in [1.54, 1.807) is 58.9 Å². The Kier molecular flexibility index (Phi) is 25.6. The minimum Gasteiger partial charge on any atom is -0.460 e. The average molecular weight is 851 g/mol. The summed E-state index contributed by atoms with van der Waals surface area (Å²) in [6.45, 7) is 17.3. The van der Waals surface area contributed by atoms with Gasteiger partial charge >= 0.3 is 12.0 Å². The van der Waals surface area contributed by atoms with Gasteiger partial charge in [-0.2, -0.15) is 0 Å². The van der Waals surface area contributed by atoms with Gasteiger partial charge < -0.3 is 56.0 Å². The number of nitrogens with two attached hydrogens (primary N) is 1. The van der Waals surface area contributed by atoms with Gasteiger partial charge in [-0.25, -0.2) is 4.79 Å². The van der Waals surface area contributed by atoms with E-state index in [1.165, 1.54) is 0 Å². The predicted molar refractivity (Wildman–Crippen MR) is 224 cm³/mol. The molecule has 0 aliphatic heterocycles. The maximum absolute atomic E-state index is 13.4. The molecule has 7 N–H and O–H groups in total. The van der Waals surface area contributed by atoms with E-state index in [9.17, 15) is 33.6 Å². The average Bonchev–Trinajstić information content (AvgIpc) is 3.17. The first-order chi connectivity index (χ1) is 28.2. The summed E-state index contributed by atoms with van der Waals surface area (Å²) in [7, 11) is 0. The molecule has 2 atom stereocenters. The zero-order chi connectivity index (χ0) is 45.1. The lowest BCUT2D eigenvalue weighted by atomic mass is 9.88. The first-order valence-electron chi connectivity index (χ1n) is 20.5. The summed E-state index contributed by atoms with van der Waals surface area (Å²) in [6, 6.07) is 4.07. The van der Waals surface area contributed by atoms with E-state index in [-0.39, 0.29) is 82.2 Å². The number of esters is 1. The molecule has 0 aromatic heterocycles. The highest BCUT2D eigenvalue weighted by atomic mass is 16.6. The van der Waals surface area contributed by atoms with Crippen LogP contribution >= 0.6 is 0 Å². The highest BCUT2D eigenvalue weighted by molar-refractivity contribution is 5.98. The maximum Gasteiger partial charge on any atom is 0.312 e. The molecule has 18 nitrogen and oxygen atoms in total. The van der Waals surface area contributed by atoms with E-state index in [0.29, 0.717) is 51.7 Å². The van der Waals surface area contributed by atoms with Crippen molar-refractivity contribution in [3.05, 3.63) is 29.8 Å². The number of ether oxygens (including phenoxy) is 5. The van der Waals surface area contributed by atoms with Crippen molar-refractivity contribution in [3.8, 4) is 0 Å². The number of benzene rings is 1. The molecule has 6 amide bonds. The first-order valence-corrected chi connectivity index (χ1v) is 20.5. The zero-order valence-corrected chi connectivity index (χ0v) is 36.8. The van der Waals surface area contributed by atoms with Gasteiger partial charge in [0.15, 0.2) is 0 Å². The van der Waals surface area contributed by atoms with Crippen molar-refractivity contribution in [2.75, 3.05) is 71.3 Å². The van der Waals surface area contributed by atoms with Crippen LogP contribution in [-0.4, -0.2) is 119 Å². The number of rotatable bonds is 30. The number of anilines is 1. The van der Waals surface area contributed by atoms with Crippen LogP contribution < -0.4 is 32.3 Å². The van der Waals surface area contributed by atoms with E-state index in [0.717, 1.165) is 5.56 Å². The zero-order valence-electron chi connectivity index (χ0n) is 36.8. The first kappa shape index (κ1) is 53.4. The molecule has 0 aliphatic carbocycles. The number of carbonyl (C=O) groups is 7. The van der Waals surface area contributed by atoms with Gasteiger partial charge in [0, 0.05) is 43.5 Å². The van der Waals surface area contributed by atoms with Crippen molar-refractivity contribution in [2.45, 2.75) is 106 Å². The van der Waals surface area contributed by atoms with E-state index >= 15 is 0 Å². The van der Waals surface area contributed by atoms with Crippen LogP contribution in [0.4, 0.5) is 10.5 Å². The monoisotopic (exact) mass is 851 g/mol. The van der Waals surface area contributed by atoms with Crippen LogP contribution in [-0.2, 0) is 59.1 Å². The SMILES string of the molecule is CC(C)[C@H](NC(=O)CCOCCOCCOCCOCCNC(=O)CCC(=O)C(C)(C)C)C(=O)N[C@@H](CCCNC(N)=O)C(=O)Nc1ccc(COC(=O)C(C)(C)C)cc1. The van der Waals surface area contributed by atoms with Crippen molar-refractivity contribution < 1.29 is 57.2 Å². The van der Waals surface area contributed by atoms with E-state index in [1.807, 2.05) is 20.8 Å². The van der Waals surface area contributed by atoms with Crippen molar-refractivity contribution in [1.82, 2.24) is 21.3 Å². The number of hydrogen-bond acceptors (Lipinski definition) is 12. The van der Waals surface area contributed by atoms with Gasteiger partial charge in [-0.15, -0.1) is 0 Å². The second kappa shape index (κ2) is 28.8. The van der Waals surface area contributed by atoms with Crippen molar-refractivity contribution in [3.63, 3.8) is 0 Å². The Morgan fingerprint density at radius 3 is 1.73 bits per heavy atom. The molecule has 0 spiro atoms. The molecule has 18 heteroatoms. The summed E-state index contributed by atoms with van der Waals surface area (Å²) in [5.74, 6) is -2.25. The minimum atomic E-state index is -1.01. The van der Waals surface area contributed by atoms with Crippen molar-refractivity contribution in [1.29, 1.82) is 0 Å². The van der Waals surface area contributed by atoms with Gasteiger partial charge in [0.1, 0.15) is 24.5 Å². The van der Waals surface area contributed by atoms with Gasteiger partial charge in [0.05, 0.1) is 58.3 Å². The van der Waals surface area contributed by atoms with E-state index in [4.69, 9.17) is 29.4 Å². The molecule has 1 aromatic rings. The third kappa shape index (κ3) is 25.1. The Morgan fingerprint density at radius 2 is 1.20 bits per heavy atom. The van der Waals surface area contributed by atoms with Crippen LogP contribution in [0, 0.1) is 16.7 Å². The summed E-state index contributed by atoms with van der Waals surface area (Å²) in [4.78, 5) is 86.6. The van der Waals surface area contributed by atoms with Crippen molar-refractivity contribution >= 4 is 47.1 Å². The molecule has 0 saturated carbocycles. The molecule has 0 heterocycles. The maximum atomic E-state index is 13.4. The van der Waals surface area contributed by atoms with Crippen LogP contribution in [0.3, 0.4) is 0 Å². The predicted octanol–water partition coefficient (Wildman–Crippen LogP) is 2.76. The summed E-state index contributed by atoms with van der Waals surface area (Å²) in [5.41, 5.74) is 5.25. The summed E-state index contributed by atoms with van der Waals surface area (Å²) in [5, 5.41) is 13.5. The molecular weight excluding hydrogens is 780 g/mol. The largest absolute Gasteiger partial charge is 0.460 e. The van der Waals surface area contributed by atoms with Gasteiger partial charge in [0.25, 0.3) is 0 Å². The summed E-state index contributed by atoms with van der Waals surface area (Å²) < 4.78 is 27.2. The van der Waals surface area contributed by atoms with Gasteiger partial charge in [-0.1, -0.05) is 46.8 Å². The topological polar surface area (TPSA) is 252 Å². The smallest absolute Gasteiger partial charge is 0.312 e. The number of carbonyl (C=O) groups excluding carboxylic acids is 7. The van der Waals surface area contributed by atoms with Gasteiger partial charge in [-0.3, -0.25) is 28.8 Å². The fourth-order valence-electron chi connectivity index (χ4n) is 4.99. The molecule has 0 bridgehead atoms. The van der Waals surface area contributed by atoms with Crippen LogP contribution in [0.25, 0.3) is 0 Å². The second-order valence-corrected chi connectivity index (χ2v) is 16.5. The number of Topliss-reactive ketones (excluding diaryl/α,β-unsaturated/α-hetero) is 1.